The van der Waals surface area contributed by atoms with Crippen molar-refractivity contribution in [2.45, 2.75) is 20.0 Å². The van der Waals surface area contributed by atoms with Crippen LogP contribution in [0.2, 0.25) is 0 Å². The van der Waals surface area contributed by atoms with Gasteiger partial charge < -0.3 is 14.3 Å². The fourth-order valence-electron chi connectivity index (χ4n) is 3.61. The number of halogens is 1. The van der Waals surface area contributed by atoms with E-state index >= 15 is 0 Å². The monoisotopic (exact) mass is 373 g/mol. The fourth-order valence-corrected chi connectivity index (χ4v) is 4.39. The number of thiophene rings is 1. The van der Waals surface area contributed by atoms with Crippen LogP contribution in [0, 0.1) is 12.7 Å². The van der Waals surface area contributed by atoms with Crippen molar-refractivity contribution in [2.24, 2.45) is 0 Å². The first-order valence-corrected chi connectivity index (χ1v) is 9.97. The summed E-state index contributed by atoms with van der Waals surface area (Å²) >= 11 is 1.85. The second-order valence-electron chi connectivity index (χ2n) is 7.02. The van der Waals surface area contributed by atoms with E-state index in [2.05, 4.69) is 22.7 Å². The van der Waals surface area contributed by atoms with Gasteiger partial charge in [-0.1, -0.05) is 11.2 Å². The zero-order valence-corrected chi connectivity index (χ0v) is 15.7. The van der Waals surface area contributed by atoms with Crippen molar-refractivity contribution in [3.63, 3.8) is 0 Å². The Morgan fingerprint density at radius 2 is 1.73 bits per heavy atom. The van der Waals surface area contributed by atoms with E-state index in [1.165, 1.54) is 30.1 Å². The molecule has 136 valence electrons. The average Bonchev–Trinajstić information content (AvgIpc) is 3.28. The minimum absolute atomic E-state index is 0.237. The minimum atomic E-state index is -0.237. The van der Waals surface area contributed by atoms with Gasteiger partial charge in [-0.15, -0.1) is 11.3 Å². The highest BCUT2D eigenvalue weighted by Gasteiger charge is 2.25. The summed E-state index contributed by atoms with van der Waals surface area (Å²) in [6, 6.07) is 10.8. The summed E-state index contributed by atoms with van der Waals surface area (Å²) in [5, 5.41) is 6.45. The molecular formula is C20H24FN3OS+2. The average molecular weight is 373 g/mol. The van der Waals surface area contributed by atoms with Crippen molar-refractivity contribution in [1.82, 2.24) is 5.16 Å². The van der Waals surface area contributed by atoms with Crippen LogP contribution in [-0.2, 0) is 13.1 Å². The van der Waals surface area contributed by atoms with Crippen molar-refractivity contribution in [2.75, 3.05) is 26.2 Å². The SMILES string of the molecule is Cc1c(C[NH+]2CC[NH+](Cc3cccs3)CC2)noc1-c1ccc(F)cc1. The van der Waals surface area contributed by atoms with Gasteiger partial charge in [0, 0.05) is 11.1 Å². The molecule has 0 bridgehead atoms. The lowest BCUT2D eigenvalue weighted by atomic mass is 10.1. The maximum atomic E-state index is 13.1. The zero-order chi connectivity index (χ0) is 17.9. The molecule has 0 amide bonds. The number of piperazine rings is 1. The standard InChI is InChI=1S/C20H22FN3OS/c1-15-19(22-25-20(15)16-4-6-17(21)7-5-16)14-24-10-8-23(9-11-24)13-18-3-2-12-26-18/h2-7,12H,8-11,13-14H2,1H3/p+2. The van der Waals surface area contributed by atoms with Crippen molar-refractivity contribution < 1.29 is 18.7 Å². The Bertz CT molecular complexity index is 837. The first-order valence-electron chi connectivity index (χ1n) is 9.09. The highest BCUT2D eigenvalue weighted by atomic mass is 32.1. The Labute approximate surface area is 156 Å². The molecular weight excluding hydrogens is 349 g/mol. The molecule has 4 nitrogen and oxygen atoms in total. The second-order valence-corrected chi connectivity index (χ2v) is 8.06. The topological polar surface area (TPSA) is 34.9 Å². The molecule has 26 heavy (non-hydrogen) atoms. The van der Waals surface area contributed by atoms with Gasteiger partial charge in [0.25, 0.3) is 0 Å². The molecule has 0 spiro atoms. The van der Waals surface area contributed by atoms with Gasteiger partial charge in [0.2, 0.25) is 0 Å². The number of nitrogens with one attached hydrogen (secondary N) is 2. The number of hydrogen-bond donors (Lipinski definition) is 2. The molecule has 1 aliphatic heterocycles. The molecule has 6 heteroatoms. The molecule has 4 rings (SSSR count). The van der Waals surface area contributed by atoms with E-state index in [4.69, 9.17) is 4.52 Å². The summed E-state index contributed by atoms with van der Waals surface area (Å²) in [4.78, 5) is 4.70. The van der Waals surface area contributed by atoms with E-state index < -0.39 is 0 Å². The molecule has 2 aromatic heterocycles. The van der Waals surface area contributed by atoms with Crippen LogP contribution in [0.25, 0.3) is 11.3 Å². The minimum Gasteiger partial charge on any atom is -0.356 e. The molecule has 0 atom stereocenters. The molecule has 3 heterocycles. The molecule has 0 unspecified atom stereocenters. The first kappa shape index (κ1) is 17.4. The smallest absolute Gasteiger partial charge is 0.170 e. The van der Waals surface area contributed by atoms with Crippen molar-refractivity contribution in [3.05, 3.63) is 63.7 Å². The summed E-state index contributed by atoms with van der Waals surface area (Å²) < 4.78 is 18.7. The lowest BCUT2D eigenvalue weighted by Gasteiger charge is -2.29. The molecule has 3 aromatic rings. The van der Waals surface area contributed by atoms with Gasteiger partial charge in [-0.2, -0.15) is 0 Å². The van der Waals surface area contributed by atoms with Crippen LogP contribution in [0.3, 0.4) is 0 Å². The van der Waals surface area contributed by atoms with Gasteiger partial charge in [-0.25, -0.2) is 4.39 Å². The number of hydrogen-bond acceptors (Lipinski definition) is 3. The Morgan fingerprint density at radius 1 is 1.04 bits per heavy atom. The van der Waals surface area contributed by atoms with E-state index in [9.17, 15) is 4.39 Å². The van der Waals surface area contributed by atoms with E-state index in [-0.39, 0.29) is 5.82 Å². The Hall–Kier alpha value is -2.02. The second kappa shape index (κ2) is 7.70. The van der Waals surface area contributed by atoms with Crippen molar-refractivity contribution >= 4 is 11.3 Å². The number of nitrogens with zero attached hydrogens (tertiary/aromatic N) is 1. The lowest BCUT2D eigenvalue weighted by Crippen LogP contribution is -3.27. The van der Waals surface area contributed by atoms with Crippen LogP contribution in [0.15, 0.2) is 46.3 Å². The van der Waals surface area contributed by atoms with E-state index in [0.717, 1.165) is 48.8 Å². The van der Waals surface area contributed by atoms with E-state index in [1.54, 1.807) is 21.9 Å². The fraction of sp³-hybridized carbons (Fsp3) is 0.350. The van der Waals surface area contributed by atoms with Gasteiger partial charge in [0.05, 0.1) is 4.88 Å². The molecule has 1 aromatic carbocycles. The summed E-state index contributed by atoms with van der Waals surface area (Å²) in [6.07, 6.45) is 0. The third-order valence-corrected chi connectivity index (χ3v) is 6.09. The van der Waals surface area contributed by atoms with Gasteiger partial charge in [-0.05, 0) is 42.6 Å². The molecule has 1 saturated heterocycles. The molecule has 0 radical (unpaired) electrons. The van der Waals surface area contributed by atoms with Crippen molar-refractivity contribution in [3.8, 4) is 11.3 Å². The van der Waals surface area contributed by atoms with Gasteiger partial charge in [0.15, 0.2) is 5.76 Å². The van der Waals surface area contributed by atoms with Gasteiger partial charge in [-0.3, -0.25) is 0 Å². The Balaban J connectivity index is 1.36. The van der Waals surface area contributed by atoms with Crippen LogP contribution >= 0.6 is 11.3 Å². The van der Waals surface area contributed by atoms with Crippen LogP contribution < -0.4 is 9.80 Å². The summed E-state index contributed by atoms with van der Waals surface area (Å²) in [7, 11) is 0. The molecule has 2 N–H and O–H groups in total. The lowest BCUT2D eigenvalue weighted by molar-refractivity contribution is -1.02. The molecule has 1 aliphatic rings. The normalized spacial score (nSPS) is 20.4. The zero-order valence-electron chi connectivity index (χ0n) is 14.9. The third kappa shape index (κ3) is 3.87. The largest absolute Gasteiger partial charge is 0.356 e. The maximum absolute atomic E-state index is 13.1. The molecule has 0 saturated carbocycles. The van der Waals surface area contributed by atoms with E-state index in [0.29, 0.717) is 0 Å². The summed E-state index contributed by atoms with van der Waals surface area (Å²) in [6.45, 7) is 8.76. The Morgan fingerprint density at radius 3 is 2.38 bits per heavy atom. The van der Waals surface area contributed by atoms with Crippen LogP contribution in [0.1, 0.15) is 16.1 Å². The highest BCUT2D eigenvalue weighted by molar-refractivity contribution is 7.09. The maximum Gasteiger partial charge on any atom is 0.170 e. The quantitative estimate of drug-likeness (QED) is 0.708. The van der Waals surface area contributed by atoms with Crippen LogP contribution in [0.5, 0.6) is 0 Å². The van der Waals surface area contributed by atoms with Crippen LogP contribution in [-0.4, -0.2) is 31.3 Å². The number of benzene rings is 1. The summed E-state index contributed by atoms with van der Waals surface area (Å²) in [5.74, 6) is 0.514. The van der Waals surface area contributed by atoms with Gasteiger partial charge in [0.1, 0.15) is 50.8 Å². The summed E-state index contributed by atoms with van der Waals surface area (Å²) in [5.41, 5.74) is 2.96. The number of quaternary nitrogens is 2. The predicted molar refractivity (Wildman–Crippen MR) is 99.8 cm³/mol. The highest BCUT2D eigenvalue weighted by Crippen LogP contribution is 2.25. The van der Waals surface area contributed by atoms with E-state index in [1.807, 2.05) is 18.3 Å². The number of aromatic nitrogens is 1. The van der Waals surface area contributed by atoms with Crippen molar-refractivity contribution in [1.29, 1.82) is 0 Å². The third-order valence-electron chi connectivity index (χ3n) is 5.21. The van der Waals surface area contributed by atoms with Gasteiger partial charge >= 0.3 is 0 Å². The predicted octanol–water partition coefficient (Wildman–Crippen LogP) is 1.33. The Kier molecular flexibility index (Phi) is 5.15. The molecule has 0 aliphatic carbocycles. The number of rotatable bonds is 5. The molecule has 1 fully saturated rings. The first-order chi connectivity index (χ1) is 12.7. The van der Waals surface area contributed by atoms with Crippen LogP contribution in [0.4, 0.5) is 4.39 Å².